The maximum atomic E-state index is 6.34. The zero-order valence-electron chi connectivity index (χ0n) is 11.0. The molecule has 98 valence electrons. The molecule has 2 aliphatic rings. The first-order chi connectivity index (χ1) is 8.84. The van der Waals surface area contributed by atoms with Crippen LogP contribution in [0.5, 0.6) is 0 Å². The van der Waals surface area contributed by atoms with Crippen molar-refractivity contribution in [2.24, 2.45) is 5.73 Å². The van der Waals surface area contributed by atoms with E-state index in [2.05, 4.69) is 24.3 Å². The SMILES string of the molecule is NC(CC1CCCc2ccccc21)C1CCCO1. The predicted octanol–water partition coefficient (Wildman–Crippen LogP) is 3.00. The van der Waals surface area contributed by atoms with Crippen LogP contribution in [0.3, 0.4) is 0 Å². The fraction of sp³-hybridized carbons (Fsp3) is 0.625. The molecule has 2 nitrogen and oxygen atoms in total. The van der Waals surface area contributed by atoms with Crippen molar-refractivity contribution < 1.29 is 4.74 Å². The topological polar surface area (TPSA) is 35.2 Å². The highest BCUT2D eigenvalue weighted by atomic mass is 16.5. The highest BCUT2D eigenvalue weighted by molar-refractivity contribution is 5.32. The van der Waals surface area contributed by atoms with E-state index >= 15 is 0 Å². The standard InChI is InChI=1S/C16H23NO/c17-15(16-9-4-10-18-16)11-13-7-3-6-12-5-1-2-8-14(12)13/h1-2,5,8,13,15-16H,3-4,6-7,9-11,17H2. The summed E-state index contributed by atoms with van der Waals surface area (Å²) in [4.78, 5) is 0. The summed E-state index contributed by atoms with van der Waals surface area (Å²) in [6.07, 6.45) is 7.55. The van der Waals surface area contributed by atoms with Crippen LogP contribution in [0.1, 0.15) is 49.1 Å². The van der Waals surface area contributed by atoms with Gasteiger partial charge in [0, 0.05) is 12.6 Å². The van der Waals surface area contributed by atoms with Gasteiger partial charge in [0.1, 0.15) is 0 Å². The average molecular weight is 245 g/mol. The number of aryl methyl sites for hydroxylation is 1. The van der Waals surface area contributed by atoms with Crippen molar-refractivity contribution in [1.82, 2.24) is 0 Å². The monoisotopic (exact) mass is 245 g/mol. The third kappa shape index (κ3) is 2.45. The molecule has 1 saturated heterocycles. The minimum Gasteiger partial charge on any atom is -0.377 e. The minimum atomic E-state index is 0.212. The van der Waals surface area contributed by atoms with Crippen molar-refractivity contribution in [3.8, 4) is 0 Å². The molecule has 0 saturated carbocycles. The van der Waals surface area contributed by atoms with Gasteiger partial charge in [-0.15, -0.1) is 0 Å². The minimum absolute atomic E-state index is 0.212. The van der Waals surface area contributed by atoms with E-state index in [1.54, 1.807) is 0 Å². The molecule has 1 aliphatic carbocycles. The normalized spacial score (nSPS) is 28.9. The Morgan fingerprint density at radius 3 is 2.94 bits per heavy atom. The van der Waals surface area contributed by atoms with Gasteiger partial charge in [0.2, 0.25) is 0 Å². The van der Waals surface area contributed by atoms with Gasteiger partial charge in [-0.05, 0) is 55.6 Å². The van der Waals surface area contributed by atoms with Gasteiger partial charge in [-0.25, -0.2) is 0 Å². The number of hydrogen-bond acceptors (Lipinski definition) is 2. The Hall–Kier alpha value is -0.860. The molecule has 0 bridgehead atoms. The average Bonchev–Trinajstić information content (AvgIpc) is 2.93. The molecule has 1 heterocycles. The number of fused-ring (bicyclic) bond motifs is 1. The zero-order valence-corrected chi connectivity index (χ0v) is 11.0. The Morgan fingerprint density at radius 1 is 1.22 bits per heavy atom. The van der Waals surface area contributed by atoms with Gasteiger partial charge in [-0.2, -0.15) is 0 Å². The highest BCUT2D eigenvalue weighted by Gasteiger charge is 2.28. The van der Waals surface area contributed by atoms with Gasteiger partial charge < -0.3 is 10.5 Å². The molecule has 3 atom stereocenters. The van der Waals surface area contributed by atoms with Gasteiger partial charge >= 0.3 is 0 Å². The van der Waals surface area contributed by atoms with Gasteiger partial charge in [-0.3, -0.25) is 0 Å². The third-order valence-electron chi connectivity index (χ3n) is 4.49. The zero-order chi connectivity index (χ0) is 12.4. The fourth-order valence-corrected chi connectivity index (χ4v) is 3.52. The fourth-order valence-electron chi connectivity index (χ4n) is 3.52. The third-order valence-corrected chi connectivity index (χ3v) is 4.49. The van der Waals surface area contributed by atoms with Crippen LogP contribution in [0.2, 0.25) is 0 Å². The highest BCUT2D eigenvalue weighted by Crippen LogP contribution is 2.35. The van der Waals surface area contributed by atoms with Crippen LogP contribution < -0.4 is 5.73 Å². The first kappa shape index (κ1) is 12.2. The number of hydrogen-bond donors (Lipinski definition) is 1. The van der Waals surface area contributed by atoms with Crippen LogP contribution in [0.25, 0.3) is 0 Å². The van der Waals surface area contributed by atoms with E-state index < -0.39 is 0 Å². The lowest BCUT2D eigenvalue weighted by atomic mass is 9.79. The van der Waals surface area contributed by atoms with Gasteiger partial charge in [-0.1, -0.05) is 24.3 Å². The molecule has 18 heavy (non-hydrogen) atoms. The number of nitrogens with two attached hydrogens (primary N) is 1. The van der Waals surface area contributed by atoms with Crippen LogP contribution in [-0.4, -0.2) is 18.8 Å². The molecule has 0 spiro atoms. The first-order valence-electron chi connectivity index (χ1n) is 7.29. The van der Waals surface area contributed by atoms with Crippen LogP contribution in [0, 0.1) is 0 Å². The summed E-state index contributed by atoms with van der Waals surface area (Å²) >= 11 is 0. The summed E-state index contributed by atoms with van der Waals surface area (Å²) in [6, 6.07) is 9.10. The lowest BCUT2D eigenvalue weighted by molar-refractivity contribution is 0.0848. The second kappa shape index (κ2) is 5.41. The molecule has 0 aromatic heterocycles. The van der Waals surface area contributed by atoms with Crippen LogP contribution in [0.15, 0.2) is 24.3 Å². The van der Waals surface area contributed by atoms with Crippen LogP contribution >= 0.6 is 0 Å². The van der Waals surface area contributed by atoms with Crippen LogP contribution in [-0.2, 0) is 11.2 Å². The maximum absolute atomic E-state index is 6.34. The van der Waals surface area contributed by atoms with Gasteiger partial charge in [0.15, 0.2) is 0 Å². The molecule has 3 rings (SSSR count). The van der Waals surface area contributed by atoms with E-state index in [9.17, 15) is 0 Å². The van der Waals surface area contributed by atoms with Crippen molar-refractivity contribution in [3.63, 3.8) is 0 Å². The Morgan fingerprint density at radius 2 is 2.11 bits per heavy atom. The Bertz CT molecular complexity index is 398. The summed E-state index contributed by atoms with van der Waals surface area (Å²) < 4.78 is 5.72. The van der Waals surface area contributed by atoms with Gasteiger partial charge in [0.05, 0.1) is 6.10 Å². The molecular weight excluding hydrogens is 222 g/mol. The lowest BCUT2D eigenvalue weighted by Gasteiger charge is -2.29. The Kier molecular flexibility index (Phi) is 3.67. The van der Waals surface area contributed by atoms with Crippen molar-refractivity contribution >= 4 is 0 Å². The number of benzene rings is 1. The number of ether oxygens (including phenoxy) is 1. The van der Waals surface area contributed by atoms with E-state index in [0.29, 0.717) is 12.0 Å². The smallest absolute Gasteiger partial charge is 0.0726 e. The van der Waals surface area contributed by atoms with E-state index in [-0.39, 0.29) is 6.04 Å². The van der Waals surface area contributed by atoms with Crippen LogP contribution in [0.4, 0.5) is 0 Å². The second-order valence-corrected chi connectivity index (χ2v) is 5.74. The first-order valence-corrected chi connectivity index (χ1v) is 7.29. The molecule has 0 radical (unpaired) electrons. The van der Waals surface area contributed by atoms with Crippen molar-refractivity contribution in [2.45, 2.75) is 56.6 Å². The molecule has 1 fully saturated rings. The number of rotatable bonds is 3. The summed E-state index contributed by atoms with van der Waals surface area (Å²) in [7, 11) is 0. The second-order valence-electron chi connectivity index (χ2n) is 5.74. The van der Waals surface area contributed by atoms with E-state index in [0.717, 1.165) is 19.4 Å². The molecule has 0 amide bonds. The molecule has 2 N–H and O–H groups in total. The molecule has 2 heteroatoms. The Balaban J connectivity index is 1.70. The molecule has 1 aromatic carbocycles. The van der Waals surface area contributed by atoms with E-state index in [1.807, 2.05) is 0 Å². The summed E-state index contributed by atoms with van der Waals surface area (Å²) in [5.41, 5.74) is 9.42. The van der Waals surface area contributed by atoms with Crippen molar-refractivity contribution in [2.75, 3.05) is 6.61 Å². The summed E-state index contributed by atoms with van der Waals surface area (Å²) in [5, 5.41) is 0. The molecular formula is C16H23NO. The molecule has 1 aromatic rings. The quantitative estimate of drug-likeness (QED) is 0.888. The van der Waals surface area contributed by atoms with Gasteiger partial charge in [0.25, 0.3) is 0 Å². The van der Waals surface area contributed by atoms with E-state index in [1.165, 1.54) is 36.8 Å². The summed E-state index contributed by atoms with van der Waals surface area (Å²) in [6.45, 7) is 0.902. The largest absolute Gasteiger partial charge is 0.377 e. The summed E-state index contributed by atoms with van der Waals surface area (Å²) in [5.74, 6) is 0.647. The molecule has 1 aliphatic heterocycles. The van der Waals surface area contributed by atoms with Crippen molar-refractivity contribution in [1.29, 1.82) is 0 Å². The van der Waals surface area contributed by atoms with E-state index in [4.69, 9.17) is 10.5 Å². The van der Waals surface area contributed by atoms with Crippen molar-refractivity contribution in [3.05, 3.63) is 35.4 Å². The Labute approximate surface area is 110 Å². The lowest BCUT2D eigenvalue weighted by Crippen LogP contribution is -2.36. The predicted molar refractivity (Wildman–Crippen MR) is 73.7 cm³/mol. The maximum Gasteiger partial charge on any atom is 0.0726 e. The molecule has 3 unspecified atom stereocenters.